The quantitative estimate of drug-likeness (QED) is 0.191. The zero-order valence-electron chi connectivity index (χ0n) is 24.8. The second-order valence-electron chi connectivity index (χ2n) is 11.0. The smallest absolute Gasteiger partial charge is 0.416 e. The van der Waals surface area contributed by atoms with Crippen LogP contribution in [0.1, 0.15) is 35.2 Å². The van der Waals surface area contributed by atoms with Gasteiger partial charge in [0.15, 0.2) is 0 Å². The number of likely N-dealkylation sites (N-methyl/N-ethyl adjacent to an activating group) is 1. The van der Waals surface area contributed by atoms with E-state index >= 15 is 0 Å². The fourth-order valence-electron chi connectivity index (χ4n) is 5.25. The van der Waals surface area contributed by atoms with Gasteiger partial charge in [0.2, 0.25) is 5.95 Å². The summed E-state index contributed by atoms with van der Waals surface area (Å²) >= 11 is 0. The van der Waals surface area contributed by atoms with Crippen LogP contribution in [0.5, 0.6) is 0 Å². The Hall–Kier alpha value is -4.45. The first-order chi connectivity index (χ1) is 20.8. The van der Waals surface area contributed by atoms with Gasteiger partial charge < -0.3 is 19.1 Å². The molecule has 1 aromatic heterocycles. The van der Waals surface area contributed by atoms with Gasteiger partial charge in [-0.15, -0.1) is 5.10 Å². The van der Waals surface area contributed by atoms with Crippen LogP contribution in [-0.4, -0.2) is 84.4 Å². The Kier molecular flexibility index (Phi) is 9.62. The normalized spacial score (nSPS) is 15.2. The van der Waals surface area contributed by atoms with Gasteiger partial charge in [0.25, 0.3) is 0 Å². The van der Waals surface area contributed by atoms with Crippen LogP contribution in [0.2, 0.25) is 0 Å². The topological polar surface area (TPSA) is 133 Å². The molecule has 2 heterocycles. The molecular formula is C30H34F3N6O5+. The van der Waals surface area contributed by atoms with Crippen LogP contribution >= 0.6 is 0 Å². The third-order valence-electron chi connectivity index (χ3n) is 7.61. The number of aliphatic hydroxyl groups is 1. The number of carbonyl (C=O) groups excluding carboxylic acids is 1. The van der Waals surface area contributed by atoms with Crippen LogP contribution in [-0.2, 0) is 26.9 Å². The van der Waals surface area contributed by atoms with E-state index in [-0.39, 0.29) is 36.1 Å². The first-order valence-electron chi connectivity index (χ1n) is 13.8. The Morgan fingerprint density at radius 1 is 1.18 bits per heavy atom. The molecule has 0 saturated heterocycles. The number of quaternary nitrogens is 1. The number of aromatic amines is 1. The van der Waals surface area contributed by atoms with Crippen molar-refractivity contribution in [3.05, 3.63) is 86.5 Å². The monoisotopic (exact) mass is 615 g/mol. The summed E-state index contributed by atoms with van der Waals surface area (Å²) in [5.41, 5.74) is 0.292. The molecule has 1 aliphatic rings. The number of esters is 1. The molecule has 14 heteroatoms. The Labute approximate surface area is 251 Å². The standard InChI is InChI=1S/C30H33F3N6O5/c1-19-25(27(41)43-4)26(24-9-8-20(18-34)16-21(24)10-11-39(2,3)12-14-44-15-13-40)38-28(35-36-29(38)42)37(19)23-7-5-6-22(17-23)30(31,32)33/h5-9,16-17,26,40H,10-15H2,1-4H3/p+1. The van der Waals surface area contributed by atoms with Crippen LogP contribution in [0.4, 0.5) is 24.8 Å². The van der Waals surface area contributed by atoms with Gasteiger partial charge in [0.05, 0.1) is 70.3 Å². The molecule has 0 amide bonds. The second kappa shape index (κ2) is 13.0. The van der Waals surface area contributed by atoms with Crippen LogP contribution in [0, 0.1) is 11.3 Å². The number of H-pyrrole nitrogens is 1. The van der Waals surface area contributed by atoms with E-state index in [1.54, 1.807) is 25.1 Å². The minimum absolute atomic E-state index is 0.0167. The van der Waals surface area contributed by atoms with Crippen LogP contribution in [0.3, 0.4) is 0 Å². The number of methoxy groups -OCH3 is 1. The molecule has 3 aromatic rings. The zero-order chi connectivity index (χ0) is 32.2. The minimum Gasteiger partial charge on any atom is -0.466 e. The fourth-order valence-corrected chi connectivity index (χ4v) is 5.25. The molecule has 0 saturated carbocycles. The summed E-state index contributed by atoms with van der Waals surface area (Å²) in [6.07, 6.45) is -4.18. The summed E-state index contributed by atoms with van der Waals surface area (Å²) in [7, 11) is 5.19. The molecule has 11 nitrogen and oxygen atoms in total. The number of rotatable bonds is 11. The number of hydrogen-bond acceptors (Lipinski definition) is 8. The molecule has 0 radical (unpaired) electrons. The predicted octanol–water partition coefficient (Wildman–Crippen LogP) is 3.28. The van der Waals surface area contributed by atoms with E-state index in [0.717, 1.165) is 12.1 Å². The van der Waals surface area contributed by atoms with Gasteiger partial charge in [-0.05, 0) is 48.4 Å². The fraction of sp³-hybridized carbons (Fsp3) is 0.400. The summed E-state index contributed by atoms with van der Waals surface area (Å²) in [6.45, 7) is 3.37. The maximum atomic E-state index is 13.6. The first kappa shape index (κ1) is 32.5. The maximum Gasteiger partial charge on any atom is 0.416 e. The van der Waals surface area contributed by atoms with Crippen molar-refractivity contribution in [2.24, 2.45) is 0 Å². The Bertz CT molecular complexity index is 1650. The lowest BCUT2D eigenvalue weighted by molar-refractivity contribution is -0.890. The van der Waals surface area contributed by atoms with Gasteiger partial charge in [-0.25, -0.2) is 19.3 Å². The number of ether oxygens (including phenoxy) is 2. The molecule has 1 aliphatic heterocycles. The zero-order valence-corrected chi connectivity index (χ0v) is 24.8. The molecule has 1 unspecified atom stereocenters. The number of nitrogens with zero attached hydrogens (tertiary/aromatic N) is 5. The number of benzene rings is 2. The number of aliphatic hydroxyl groups excluding tert-OH is 1. The minimum atomic E-state index is -4.63. The number of nitrogens with one attached hydrogen (secondary N) is 1. The molecule has 0 spiro atoms. The Morgan fingerprint density at radius 2 is 1.93 bits per heavy atom. The molecule has 0 fully saturated rings. The Morgan fingerprint density at radius 3 is 2.59 bits per heavy atom. The van der Waals surface area contributed by atoms with E-state index < -0.39 is 29.4 Å². The molecule has 2 aromatic carbocycles. The number of anilines is 2. The van der Waals surface area contributed by atoms with Crippen LogP contribution < -0.4 is 10.6 Å². The summed E-state index contributed by atoms with van der Waals surface area (Å²) in [6, 6.07) is 10.5. The third kappa shape index (κ3) is 6.70. The number of fused-ring (bicyclic) bond motifs is 1. The number of hydrogen-bond donors (Lipinski definition) is 2. The molecule has 44 heavy (non-hydrogen) atoms. The number of allylic oxidation sites excluding steroid dienone is 1. The average molecular weight is 616 g/mol. The molecule has 4 rings (SSSR count). The molecule has 1 atom stereocenters. The summed E-state index contributed by atoms with van der Waals surface area (Å²) in [5.74, 6) is -0.799. The number of halogens is 3. The molecule has 2 N–H and O–H groups in total. The highest BCUT2D eigenvalue weighted by molar-refractivity contribution is 5.93. The molecular weight excluding hydrogens is 581 g/mol. The lowest BCUT2D eigenvalue weighted by Crippen LogP contribution is -2.44. The molecule has 234 valence electrons. The highest BCUT2D eigenvalue weighted by Crippen LogP contribution is 2.43. The van der Waals surface area contributed by atoms with E-state index in [1.807, 2.05) is 14.1 Å². The van der Waals surface area contributed by atoms with Crippen LogP contribution in [0.15, 0.2) is 58.5 Å². The summed E-state index contributed by atoms with van der Waals surface area (Å²) in [5, 5.41) is 25.2. The van der Waals surface area contributed by atoms with E-state index in [4.69, 9.17) is 14.6 Å². The number of carbonyl (C=O) groups is 1. The average Bonchev–Trinajstić information content (AvgIpc) is 3.37. The third-order valence-corrected chi connectivity index (χ3v) is 7.61. The van der Waals surface area contributed by atoms with E-state index in [9.17, 15) is 28.0 Å². The SMILES string of the molecule is COC(=O)C1=C(C)N(c2cccc(C(F)(F)F)c2)c2n[nH]c(=O)n2C1c1ccc(C#N)cc1CC[N+](C)(C)CCOCCO. The van der Waals surface area contributed by atoms with Crippen molar-refractivity contribution in [3.8, 4) is 6.07 Å². The van der Waals surface area contributed by atoms with Gasteiger partial charge in [0.1, 0.15) is 12.6 Å². The van der Waals surface area contributed by atoms with Gasteiger partial charge in [0, 0.05) is 17.8 Å². The van der Waals surface area contributed by atoms with Gasteiger partial charge in [-0.1, -0.05) is 12.1 Å². The largest absolute Gasteiger partial charge is 0.466 e. The number of aromatic nitrogens is 3. The summed E-state index contributed by atoms with van der Waals surface area (Å²) in [4.78, 5) is 28.0. The van der Waals surface area contributed by atoms with Gasteiger partial charge in [-0.3, -0.25) is 4.90 Å². The van der Waals surface area contributed by atoms with E-state index in [2.05, 4.69) is 16.3 Å². The van der Waals surface area contributed by atoms with Gasteiger partial charge in [-0.2, -0.15) is 18.4 Å². The van der Waals surface area contributed by atoms with Crippen molar-refractivity contribution in [2.75, 3.05) is 59.0 Å². The van der Waals surface area contributed by atoms with Crippen molar-refractivity contribution in [1.82, 2.24) is 14.8 Å². The van der Waals surface area contributed by atoms with Crippen molar-refractivity contribution >= 4 is 17.6 Å². The van der Waals surface area contributed by atoms with E-state index in [0.29, 0.717) is 47.3 Å². The maximum absolute atomic E-state index is 13.6. The molecule has 0 bridgehead atoms. The lowest BCUT2D eigenvalue weighted by atomic mass is 9.89. The summed E-state index contributed by atoms with van der Waals surface area (Å²) < 4.78 is 53.2. The van der Waals surface area contributed by atoms with Gasteiger partial charge >= 0.3 is 17.8 Å². The lowest BCUT2D eigenvalue weighted by Gasteiger charge is -2.36. The second-order valence-corrected chi connectivity index (χ2v) is 11.0. The highest BCUT2D eigenvalue weighted by atomic mass is 19.4. The highest BCUT2D eigenvalue weighted by Gasteiger charge is 2.41. The predicted molar refractivity (Wildman–Crippen MR) is 154 cm³/mol. The van der Waals surface area contributed by atoms with Crippen molar-refractivity contribution < 1.29 is 37.0 Å². The number of nitriles is 1. The van der Waals surface area contributed by atoms with E-state index in [1.165, 1.54) is 28.7 Å². The van der Waals surface area contributed by atoms with Crippen molar-refractivity contribution in [1.29, 1.82) is 5.26 Å². The van der Waals surface area contributed by atoms with Crippen molar-refractivity contribution in [2.45, 2.75) is 25.6 Å². The Balaban J connectivity index is 1.86. The van der Waals surface area contributed by atoms with Crippen LogP contribution in [0.25, 0.3) is 0 Å². The first-order valence-corrected chi connectivity index (χ1v) is 13.8. The molecule has 0 aliphatic carbocycles. The number of alkyl halides is 3. The van der Waals surface area contributed by atoms with Crippen molar-refractivity contribution in [3.63, 3.8) is 0 Å².